The third-order valence-corrected chi connectivity index (χ3v) is 2.73. The van der Waals surface area contributed by atoms with Crippen molar-refractivity contribution >= 4 is 17.8 Å². The first-order chi connectivity index (χ1) is 7.05. The fourth-order valence-corrected chi connectivity index (χ4v) is 1.82. The summed E-state index contributed by atoms with van der Waals surface area (Å²) in [5, 5.41) is 12.4. The number of hydrogen-bond donors (Lipinski definition) is 2. The first-order valence-corrected chi connectivity index (χ1v) is 5.92. The zero-order valence-electron chi connectivity index (χ0n) is 8.80. The van der Waals surface area contributed by atoms with Gasteiger partial charge in [0.1, 0.15) is 6.33 Å². The lowest BCUT2D eigenvalue weighted by molar-refractivity contribution is 0.0870. The van der Waals surface area contributed by atoms with Crippen LogP contribution in [0.25, 0.3) is 0 Å². The van der Waals surface area contributed by atoms with E-state index in [9.17, 15) is 9.90 Å². The SMILES string of the molecule is CSCC(C)(O)CNC(=O)n1ccnc1. The topological polar surface area (TPSA) is 67.2 Å². The Hall–Kier alpha value is -1.01. The van der Waals surface area contributed by atoms with Crippen molar-refractivity contribution in [1.82, 2.24) is 14.9 Å². The van der Waals surface area contributed by atoms with Gasteiger partial charge in [0.2, 0.25) is 0 Å². The van der Waals surface area contributed by atoms with Gasteiger partial charge in [-0.1, -0.05) is 0 Å². The molecule has 0 aliphatic carbocycles. The standard InChI is InChI=1S/C9H15N3O2S/c1-9(14,6-15-2)5-11-8(13)12-4-3-10-7-12/h3-4,7,14H,5-6H2,1-2H3,(H,11,13). The molecular weight excluding hydrogens is 214 g/mol. The van der Waals surface area contributed by atoms with E-state index in [-0.39, 0.29) is 12.6 Å². The van der Waals surface area contributed by atoms with E-state index < -0.39 is 5.60 Å². The molecule has 15 heavy (non-hydrogen) atoms. The van der Waals surface area contributed by atoms with Gasteiger partial charge in [0.15, 0.2) is 0 Å². The number of nitrogens with zero attached hydrogens (tertiary/aromatic N) is 2. The van der Waals surface area contributed by atoms with E-state index in [4.69, 9.17) is 0 Å². The minimum atomic E-state index is -0.879. The molecule has 0 aromatic carbocycles. The molecule has 84 valence electrons. The summed E-state index contributed by atoms with van der Waals surface area (Å²) < 4.78 is 1.33. The maximum Gasteiger partial charge on any atom is 0.326 e. The van der Waals surface area contributed by atoms with Crippen LogP contribution in [0.4, 0.5) is 4.79 Å². The van der Waals surface area contributed by atoms with E-state index in [0.717, 1.165) is 0 Å². The Balaban J connectivity index is 2.40. The lowest BCUT2D eigenvalue weighted by Crippen LogP contribution is -2.43. The van der Waals surface area contributed by atoms with Gasteiger partial charge in [-0.2, -0.15) is 11.8 Å². The highest BCUT2D eigenvalue weighted by molar-refractivity contribution is 7.98. The normalized spacial score (nSPS) is 14.6. The van der Waals surface area contributed by atoms with Gasteiger partial charge in [-0.05, 0) is 13.2 Å². The van der Waals surface area contributed by atoms with Crippen molar-refractivity contribution in [3.63, 3.8) is 0 Å². The molecule has 0 bridgehead atoms. The fraction of sp³-hybridized carbons (Fsp3) is 0.556. The zero-order chi connectivity index (χ0) is 11.3. The molecular formula is C9H15N3O2S. The molecule has 0 saturated carbocycles. The molecule has 5 nitrogen and oxygen atoms in total. The Kier molecular flexibility index (Phi) is 4.16. The summed E-state index contributed by atoms with van der Waals surface area (Å²) in [6.07, 6.45) is 6.41. The van der Waals surface area contributed by atoms with E-state index in [1.807, 2.05) is 6.26 Å². The number of aromatic nitrogens is 2. The largest absolute Gasteiger partial charge is 0.387 e. The molecule has 1 atom stereocenters. The molecule has 0 aliphatic rings. The van der Waals surface area contributed by atoms with E-state index in [1.165, 1.54) is 28.9 Å². The third kappa shape index (κ3) is 3.93. The second kappa shape index (κ2) is 5.18. The van der Waals surface area contributed by atoms with E-state index in [1.54, 1.807) is 13.1 Å². The second-order valence-electron chi connectivity index (χ2n) is 3.56. The fourth-order valence-electron chi connectivity index (χ4n) is 1.10. The Bertz CT molecular complexity index is 311. The summed E-state index contributed by atoms with van der Waals surface area (Å²) in [6.45, 7) is 1.92. The first kappa shape index (κ1) is 12.1. The molecule has 1 aromatic rings. The molecule has 0 spiro atoms. The maximum atomic E-state index is 11.5. The number of carbonyl (C=O) groups excluding carboxylic acids is 1. The van der Waals surface area contributed by atoms with Crippen molar-refractivity contribution in [3.8, 4) is 0 Å². The molecule has 6 heteroatoms. The molecule has 2 N–H and O–H groups in total. The van der Waals surface area contributed by atoms with Crippen molar-refractivity contribution < 1.29 is 9.90 Å². The van der Waals surface area contributed by atoms with Gasteiger partial charge in [-0.15, -0.1) is 0 Å². The number of nitrogens with one attached hydrogen (secondary N) is 1. The van der Waals surface area contributed by atoms with Gasteiger partial charge < -0.3 is 10.4 Å². The minimum absolute atomic E-state index is 0.227. The third-order valence-electron chi connectivity index (χ3n) is 1.81. The van der Waals surface area contributed by atoms with Gasteiger partial charge >= 0.3 is 6.03 Å². The minimum Gasteiger partial charge on any atom is -0.387 e. The van der Waals surface area contributed by atoms with Crippen molar-refractivity contribution in [2.75, 3.05) is 18.6 Å². The molecule has 1 amide bonds. The van der Waals surface area contributed by atoms with Crippen LogP contribution in [0, 0.1) is 0 Å². The summed E-state index contributed by atoms with van der Waals surface area (Å²) in [5.41, 5.74) is -0.879. The van der Waals surface area contributed by atoms with Gasteiger partial charge in [-0.25, -0.2) is 9.78 Å². The number of aliphatic hydroxyl groups is 1. The van der Waals surface area contributed by atoms with Crippen LogP contribution < -0.4 is 5.32 Å². The molecule has 1 aromatic heterocycles. The number of hydrogen-bond acceptors (Lipinski definition) is 4. The molecule has 1 heterocycles. The second-order valence-corrected chi connectivity index (χ2v) is 4.42. The summed E-state index contributed by atoms with van der Waals surface area (Å²) in [7, 11) is 0. The van der Waals surface area contributed by atoms with Crippen LogP contribution in [0.2, 0.25) is 0 Å². The number of rotatable bonds is 4. The van der Waals surface area contributed by atoms with E-state index in [0.29, 0.717) is 5.75 Å². The van der Waals surface area contributed by atoms with Crippen LogP contribution in [0.3, 0.4) is 0 Å². The summed E-state index contributed by atoms with van der Waals surface area (Å²) >= 11 is 1.54. The predicted molar refractivity (Wildman–Crippen MR) is 60.0 cm³/mol. The Morgan fingerprint density at radius 2 is 2.47 bits per heavy atom. The number of amides is 1. The lowest BCUT2D eigenvalue weighted by atomic mass is 10.1. The average Bonchev–Trinajstić information content (AvgIpc) is 2.67. The summed E-state index contributed by atoms with van der Waals surface area (Å²) in [5.74, 6) is 0.581. The van der Waals surface area contributed by atoms with Crippen molar-refractivity contribution in [2.24, 2.45) is 0 Å². The number of carbonyl (C=O) groups is 1. The predicted octanol–water partition coefficient (Wildman–Crippen LogP) is 0.555. The summed E-state index contributed by atoms with van der Waals surface area (Å²) in [6, 6.07) is -0.283. The van der Waals surface area contributed by atoms with Crippen LogP contribution in [0.15, 0.2) is 18.7 Å². The van der Waals surface area contributed by atoms with Gasteiger partial charge in [0.25, 0.3) is 0 Å². The summed E-state index contributed by atoms with van der Waals surface area (Å²) in [4.78, 5) is 15.2. The van der Waals surface area contributed by atoms with Crippen LogP contribution in [-0.2, 0) is 0 Å². The average molecular weight is 229 g/mol. The zero-order valence-corrected chi connectivity index (χ0v) is 9.62. The monoisotopic (exact) mass is 229 g/mol. The maximum absolute atomic E-state index is 11.5. The highest BCUT2D eigenvalue weighted by Crippen LogP contribution is 2.08. The van der Waals surface area contributed by atoms with Gasteiger partial charge in [-0.3, -0.25) is 4.57 Å². The van der Waals surface area contributed by atoms with Crippen molar-refractivity contribution in [3.05, 3.63) is 18.7 Å². The van der Waals surface area contributed by atoms with Crippen LogP contribution >= 0.6 is 11.8 Å². The molecule has 1 rings (SSSR count). The molecule has 0 radical (unpaired) electrons. The van der Waals surface area contributed by atoms with Gasteiger partial charge in [0.05, 0.1) is 5.60 Å². The quantitative estimate of drug-likeness (QED) is 0.791. The van der Waals surface area contributed by atoms with Crippen LogP contribution in [0.1, 0.15) is 6.92 Å². The highest BCUT2D eigenvalue weighted by Gasteiger charge is 2.20. The highest BCUT2D eigenvalue weighted by atomic mass is 32.2. The molecule has 0 aliphatic heterocycles. The van der Waals surface area contributed by atoms with Crippen molar-refractivity contribution in [2.45, 2.75) is 12.5 Å². The molecule has 1 unspecified atom stereocenters. The Labute approximate surface area is 92.9 Å². The lowest BCUT2D eigenvalue weighted by Gasteiger charge is -2.22. The Morgan fingerprint density at radius 3 is 3.00 bits per heavy atom. The number of imidazole rings is 1. The van der Waals surface area contributed by atoms with Gasteiger partial charge in [0, 0.05) is 24.7 Å². The Morgan fingerprint density at radius 1 is 1.73 bits per heavy atom. The smallest absolute Gasteiger partial charge is 0.326 e. The van der Waals surface area contributed by atoms with E-state index >= 15 is 0 Å². The van der Waals surface area contributed by atoms with Crippen LogP contribution in [-0.4, -0.2) is 44.8 Å². The molecule has 0 fully saturated rings. The first-order valence-electron chi connectivity index (χ1n) is 4.53. The number of thioether (sulfide) groups is 1. The molecule has 0 saturated heterocycles. The van der Waals surface area contributed by atoms with Crippen molar-refractivity contribution in [1.29, 1.82) is 0 Å². The van der Waals surface area contributed by atoms with Crippen LogP contribution in [0.5, 0.6) is 0 Å². The van der Waals surface area contributed by atoms with E-state index in [2.05, 4.69) is 10.3 Å².